The Balaban J connectivity index is 1.47. The first kappa shape index (κ1) is 19.8. The van der Waals surface area contributed by atoms with Crippen LogP contribution in [0, 0.1) is 5.82 Å². The van der Waals surface area contributed by atoms with Crippen molar-refractivity contribution in [2.75, 3.05) is 36.5 Å². The van der Waals surface area contributed by atoms with Gasteiger partial charge in [0.05, 0.1) is 41.7 Å². The number of benzene rings is 2. The van der Waals surface area contributed by atoms with Gasteiger partial charge in [0.15, 0.2) is 0 Å². The van der Waals surface area contributed by atoms with Crippen molar-refractivity contribution in [3.8, 4) is 10.6 Å². The van der Waals surface area contributed by atoms with Crippen molar-refractivity contribution in [1.29, 1.82) is 0 Å². The summed E-state index contributed by atoms with van der Waals surface area (Å²) in [6, 6.07) is 11.7. The third-order valence-electron chi connectivity index (χ3n) is 4.55. The molecule has 0 saturated carbocycles. The Hall–Kier alpha value is -2.48. The van der Waals surface area contributed by atoms with E-state index < -0.39 is 0 Å². The van der Waals surface area contributed by atoms with Gasteiger partial charge in [0, 0.05) is 24.0 Å². The van der Waals surface area contributed by atoms with Crippen LogP contribution in [0.25, 0.3) is 10.6 Å². The average molecular weight is 432 g/mol. The van der Waals surface area contributed by atoms with E-state index in [0.29, 0.717) is 40.2 Å². The summed E-state index contributed by atoms with van der Waals surface area (Å²) in [6.07, 6.45) is 0.126. The van der Waals surface area contributed by atoms with Gasteiger partial charge in [0.25, 0.3) is 0 Å². The van der Waals surface area contributed by atoms with Gasteiger partial charge in [-0.25, -0.2) is 9.37 Å². The minimum atomic E-state index is -0.311. The number of hydrogen-bond donors (Lipinski definition) is 1. The number of halogens is 2. The molecule has 2 aromatic carbocycles. The zero-order valence-electron chi connectivity index (χ0n) is 15.5. The molecule has 1 aliphatic rings. The van der Waals surface area contributed by atoms with E-state index >= 15 is 0 Å². The van der Waals surface area contributed by atoms with Crippen molar-refractivity contribution in [2.24, 2.45) is 0 Å². The predicted molar refractivity (Wildman–Crippen MR) is 114 cm³/mol. The van der Waals surface area contributed by atoms with E-state index in [1.807, 2.05) is 23.6 Å². The lowest BCUT2D eigenvalue weighted by atomic mass is 10.2. The van der Waals surface area contributed by atoms with Crippen molar-refractivity contribution in [3.05, 3.63) is 64.4 Å². The number of carbonyl (C=O) groups excluding carboxylic acids is 1. The van der Waals surface area contributed by atoms with Gasteiger partial charge in [0.2, 0.25) is 5.91 Å². The van der Waals surface area contributed by atoms with E-state index in [2.05, 4.69) is 15.2 Å². The first-order valence-electron chi connectivity index (χ1n) is 9.21. The van der Waals surface area contributed by atoms with E-state index in [1.165, 1.54) is 23.5 Å². The predicted octanol–water partition coefficient (Wildman–Crippen LogP) is 4.62. The van der Waals surface area contributed by atoms with Crippen LogP contribution in [0.5, 0.6) is 0 Å². The van der Waals surface area contributed by atoms with Crippen LogP contribution in [0.4, 0.5) is 15.8 Å². The maximum absolute atomic E-state index is 13.4. The second-order valence-corrected chi connectivity index (χ2v) is 7.88. The van der Waals surface area contributed by atoms with Crippen LogP contribution in [0.15, 0.2) is 47.8 Å². The summed E-state index contributed by atoms with van der Waals surface area (Å²) in [5, 5.41) is 6.05. The fourth-order valence-corrected chi connectivity index (χ4v) is 4.34. The largest absolute Gasteiger partial charge is 0.378 e. The van der Waals surface area contributed by atoms with Gasteiger partial charge in [-0.05, 0) is 24.3 Å². The number of nitrogens with zero attached hydrogens (tertiary/aromatic N) is 2. The van der Waals surface area contributed by atoms with Gasteiger partial charge in [-0.15, -0.1) is 11.3 Å². The normalized spacial score (nSPS) is 14.1. The number of morpholine rings is 1. The Kier molecular flexibility index (Phi) is 6.08. The van der Waals surface area contributed by atoms with Crippen LogP contribution >= 0.6 is 22.9 Å². The molecule has 3 aromatic rings. The zero-order valence-corrected chi connectivity index (χ0v) is 17.1. The van der Waals surface area contributed by atoms with Crippen molar-refractivity contribution < 1.29 is 13.9 Å². The molecule has 0 aliphatic carbocycles. The minimum Gasteiger partial charge on any atom is -0.378 e. The first-order chi connectivity index (χ1) is 14.1. The Morgan fingerprint density at radius 2 is 2.03 bits per heavy atom. The summed E-state index contributed by atoms with van der Waals surface area (Å²) in [4.78, 5) is 19.2. The van der Waals surface area contributed by atoms with Gasteiger partial charge in [-0.3, -0.25) is 4.79 Å². The van der Waals surface area contributed by atoms with Gasteiger partial charge in [0.1, 0.15) is 10.8 Å². The molecule has 0 atom stereocenters. The summed E-state index contributed by atoms with van der Waals surface area (Å²) in [6.45, 7) is 2.69. The highest BCUT2D eigenvalue weighted by molar-refractivity contribution is 7.13. The van der Waals surface area contributed by atoms with Gasteiger partial charge in [-0.2, -0.15) is 0 Å². The second kappa shape index (κ2) is 8.90. The SMILES string of the molecule is O=C(Cc1csc(-c2cccc(F)c2)n1)Nc1cccc(Cl)c1N1CCOCC1. The molecule has 1 N–H and O–H groups in total. The number of thiazole rings is 1. The third kappa shape index (κ3) is 4.75. The van der Waals surface area contributed by atoms with E-state index in [9.17, 15) is 9.18 Å². The molecule has 0 bridgehead atoms. The highest BCUT2D eigenvalue weighted by atomic mass is 35.5. The Bertz CT molecular complexity index is 1020. The zero-order chi connectivity index (χ0) is 20.2. The molecule has 8 heteroatoms. The number of anilines is 2. The second-order valence-electron chi connectivity index (χ2n) is 6.61. The number of aromatic nitrogens is 1. The van der Waals surface area contributed by atoms with Crippen LogP contribution in [0.1, 0.15) is 5.69 Å². The molecular formula is C21H19ClFN3O2S. The lowest BCUT2D eigenvalue weighted by molar-refractivity contribution is -0.115. The Morgan fingerprint density at radius 3 is 2.83 bits per heavy atom. The van der Waals surface area contributed by atoms with Gasteiger partial charge in [-0.1, -0.05) is 29.8 Å². The highest BCUT2D eigenvalue weighted by Gasteiger charge is 2.19. The van der Waals surface area contributed by atoms with Crippen molar-refractivity contribution in [3.63, 3.8) is 0 Å². The number of para-hydroxylation sites is 1. The average Bonchev–Trinajstić information content (AvgIpc) is 3.17. The lowest BCUT2D eigenvalue weighted by Crippen LogP contribution is -2.37. The molecule has 0 spiro atoms. The number of ether oxygens (including phenoxy) is 1. The Morgan fingerprint density at radius 1 is 1.24 bits per heavy atom. The molecule has 2 heterocycles. The number of amides is 1. The minimum absolute atomic E-state index is 0.126. The summed E-state index contributed by atoms with van der Waals surface area (Å²) >= 11 is 7.80. The van der Waals surface area contributed by atoms with E-state index in [4.69, 9.17) is 16.3 Å². The molecule has 29 heavy (non-hydrogen) atoms. The van der Waals surface area contributed by atoms with Crippen molar-refractivity contribution in [2.45, 2.75) is 6.42 Å². The van der Waals surface area contributed by atoms with Crippen LogP contribution in [-0.2, 0) is 16.0 Å². The number of hydrogen-bond acceptors (Lipinski definition) is 5. The number of carbonyl (C=O) groups is 1. The molecule has 0 radical (unpaired) electrons. The first-order valence-corrected chi connectivity index (χ1v) is 10.5. The van der Waals surface area contributed by atoms with Gasteiger partial charge >= 0.3 is 0 Å². The third-order valence-corrected chi connectivity index (χ3v) is 5.80. The van der Waals surface area contributed by atoms with Crippen molar-refractivity contribution >= 4 is 40.2 Å². The van der Waals surface area contributed by atoms with Crippen LogP contribution < -0.4 is 10.2 Å². The molecule has 4 rings (SSSR count). The van der Waals surface area contributed by atoms with Gasteiger partial charge < -0.3 is 15.0 Å². The lowest BCUT2D eigenvalue weighted by Gasteiger charge is -2.31. The Labute approximate surface area is 177 Å². The molecular weight excluding hydrogens is 413 g/mol. The van der Waals surface area contributed by atoms with E-state index in [0.717, 1.165) is 18.8 Å². The molecule has 1 saturated heterocycles. The summed E-state index contributed by atoms with van der Waals surface area (Å²) in [7, 11) is 0. The molecule has 1 fully saturated rings. The van der Waals surface area contributed by atoms with E-state index in [-0.39, 0.29) is 18.1 Å². The molecule has 150 valence electrons. The molecule has 1 aromatic heterocycles. The van der Waals surface area contributed by atoms with Crippen LogP contribution in [0.2, 0.25) is 5.02 Å². The highest BCUT2D eigenvalue weighted by Crippen LogP contribution is 2.34. The number of rotatable bonds is 5. The molecule has 1 aliphatic heterocycles. The smallest absolute Gasteiger partial charge is 0.230 e. The summed E-state index contributed by atoms with van der Waals surface area (Å²) in [5.41, 5.74) is 2.82. The fraction of sp³-hybridized carbons (Fsp3) is 0.238. The van der Waals surface area contributed by atoms with E-state index in [1.54, 1.807) is 12.1 Å². The number of nitrogens with one attached hydrogen (secondary N) is 1. The topological polar surface area (TPSA) is 54.5 Å². The molecule has 5 nitrogen and oxygen atoms in total. The molecule has 0 unspecified atom stereocenters. The summed E-state index contributed by atoms with van der Waals surface area (Å²) < 4.78 is 18.8. The summed E-state index contributed by atoms with van der Waals surface area (Å²) in [5.74, 6) is -0.494. The molecule has 1 amide bonds. The van der Waals surface area contributed by atoms with Crippen molar-refractivity contribution in [1.82, 2.24) is 4.98 Å². The monoisotopic (exact) mass is 431 g/mol. The van der Waals surface area contributed by atoms with Crippen LogP contribution in [0.3, 0.4) is 0 Å². The standard InChI is InChI=1S/C21H19ClFN3O2S/c22-17-5-2-6-18(20(17)26-7-9-28-10-8-26)25-19(27)12-16-13-29-21(24-16)14-3-1-4-15(23)11-14/h1-6,11,13H,7-10,12H2,(H,25,27). The quantitative estimate of drug-likeness (QED) is 0.640. The maximum atomic E-state index is 13.4. The van der Waals surface area contributed by atoms with Crippen LogP contribution in [-0.4, -0.2) is 37.2 Å². The fourth-order valence-electron chi connectivity index (χ4n) is 3.23. The maximum Gasteiger partial charge on any atom is 0.230 e.